The lowest BCUT2D eigenvalue weighted by Gasteiger charge is -1.92. The number of unbranched alkanes of at least 4 members (excludes halogenated alkanes) is 1. The predicted octanol–water partition coefficient (Wildman–Crippen LogP) is 0.636. The quantitative estimate of drug-likeness (QED) is 0.622. The van der Waals surface area contributed by atoms with Gasteiger partial charge in [0.2, 0.25) is 6.39 Å². The van der Waals surface area contributed by atoms with Gasteiger partial charge in [-0.05, 0) is 6.42 Å². The first kappa shape index (κ1) is 7.05. The topological polar surface area (TPSA) is 48.0 Å². The van der Waals surface area contributed by atoms with Gasteiger partial charge in [-0.3, -0.25) is 0 Å². The van der Waals surface area contributed by atoms with Gasteiger partial charge in [-0.15, -0.1) is 5.10 Å². The Kier molecular flexibility index (Phi) is 2.25. The molecule has 1 rings (SSSR count). The lowest BCUT2D eigenvalue weighted by atomic mass is 10.3. The minimum atomic E-state index is -0.367. The fourth-order valence-corrected chi connectivity index (χ4v) is 0.690. The Hall–Kier alpha value is -1.06. The van der Waals surface area contributed by atoms with Crippen LogP contribution in [0.5, 0.6) is 0 Å². The van der Waals surface area contributed by atoms with E-state index in [1.807, 2.05) is 0 Å². The molecule has 0 amide bonds. The highest BCUT2D eigenvalue weighted by Gasteiger charge is 1.96. The first-order valence-corrected chi connectivity index (χ1v) is 3.35. The van der Waals surface area contributed by atoms with Crippen LogP contribution in [0, 0.1) is 0 Å². The van der Waals surface area contributed by atoms with Crippen molar-refractivity contribution < 1.29 is 4.42 Å². The van der Waals surface area contributed by atoms with Crippen molar-refractivity contribution in [2.24, 2.45) is 0 Å². The zero-order valence-electron chi connectivity index (χ0n) is 5.91. The summed E-state index contributed by atoms with van der Waals surface area (Å²) in [5.41, 5.74) is 0. The number of nitrogens with zero attached hydrogens (tertiary/aromatic N) is 2. The van der Waals surface area contributed by atoms with Crippen molar-refractivity contribution >= 4 is 0 Å². The summed E-state index contributed by atoms with van der Waals surface area (Å²) in [7, 11) is 0. The van der Waals surface area contributed by atoms with E-state index in [0.717, 1.165) is 19.2 Å². The molecule has 1 heterocycles. The average Bonchev–Trinajstić information content (AvgIpc) is 2.31. The Morgan fingerprint density at radius 3 is 3.10 bits per heavy atom. The molecule has 0 unspecified atom stereocenters. The van der Waals surface area contributed by atoms with Gasteiger partial charge in [0.25, 0.3) is 0 Å². The molecule has 0 aliphatic rings. The van der Waals surface area contributed by atoms with Gasteiger partial charge in [0.1, 0.15) is 0 Å². The summed E-state index contributed by atoms with van der Waals surface area (Å²) in [5.74, 6) is -0.367. The molecule has 0 saturated carbocycles. The number of rotatable bonds is 3. The zero-order chi connectivity index (χ0) is 7.40. The molecular formula is C6H10N2O2. The standard InChI is InChI=1S/C6H10N2O2/c1-2-3-4-8-6(9)10-5-7-8/h5H,2-4H2,1H3. The van der Waals surface area contributed by atoms with Gasteiger partial charge < -0.3 is 4.42 Å². The van der Waals surface area contributed by atoms with Crippen molar-refractivity contribution in [3.63, 3.8) is 0 Å². The van der Waals surface area contributed by atoms with E-state index in [9.17, 15) is 4.79 Å². The highest BCUT2D eigenvalue weighted by atomic mass is 16.4. The molecule has 0 spiro atoms. The number of aromatic nitrogens is 2. The summed E-state index contributed by atoms with van der Waals surface area (Å²) in [6.07, 6.45) is 3.18. The van der Waals surface area contributed by atoms with Crippen LogP contribution in [0.2, 0.25) is 0 Å². The fraction of sp³-hybridized carbons (Fsp3) is 0.667. The summed E-state index contributed by atoms with van der Waals surface area (Å²) in [5, 5.41) is 3.69. The summed E-state index contributed by atoms with van der Waals surface area (Å²) in [6.45, 7) is 2.72. The number of aryl methyl sites for hydroxylation is 1. The average molecular weight is 142 g/mol. The fourth-order valence-electron chi connectivity index (χ4n) is 0.690. The molecule has 4 heteroatoms. The summed E-state index contributed by atoms with van der Waals surface area (Å²) in [4.78, 5) is 10.7. The SMILES string of the molecule is CCCCn1ncoc1=O. The van der Waals surface area contributed by atoms with Crippen LogP contribution in [-0.2, 0) is 6.54 Å². The lowest BCUT2D eigenvalue weighted by Crippen LogP contribution is -2.15. The van der Waals surface area contributed by atoms with Gasteiger partial charge in [-0.1, -0.05) is 13.3 Å². The largest absolute Gasteiger partial charge is 0.436 e. The van der Waals surface area contributed by atoms with Crippen molar-refractivity contribution in [1.82, 2.24) is 9.78 Å². The van der Waals surface area contributed by atoms with E-state index < -0.39 is 0 Å². The summed E-state index contributed by atoms with van der Waals surface area (Å²) in [6, 6.07) is 0. The van der Waals surface area contributed by atoms with Crippen molar-refractivity contribution in [2.75, 3.05) is 0 Å². The molecule has 0 radical (unpaired) electrons. The molecule has 1 aromatic heterocycles. The van der Waals surface area contributed by atoms with Gasteiger partial charge in [0, 0.05) is 6.54 Å². The molecule has 10 heavy (non-hydrogen) atoms. The van der Waals surface area contributed by atoms with Crippen molar-refractivity contribution in [3.8, 4) is 0 Å². The molecule has 0 aliphatic carbocycles. The maximum Gasteiger partial charge on any atom is 0.436 e. The first-order chi connectivity index (χ1) is 4.84. The smallest absolute Gasteiger partial charge is 0.395 e. The Bertz CT molecular complexity index is 238. The minimum absolute atomic E-state index is 0.367. The van der Waals surface area contributed by atoms with Crippen molar-refractivity contribution in [1.29, 1.82) is 0 Å². The molecule has 0 saturated heterocycles. The second-order valence-electron chi connectivity index (χ2n) is 2.08. The van der Waals surface area contributed by atoms with E-state index in [2.05, 4.69) is 16.4 Å². The van der Waals surface area contributed by atoms with Crippen LogP contribution in [0.25, 0.3) is 0 Å². The summed E-state index contributed by atoms with van der Waals surface area (Å²) >= 11 is 0. The molecule has 0 atom stereocenters. The van der Waals surface area contributed by atoms with E-state index in [1.165, 1.54) is 4.68 Å². The maximum atomic E-state index is 10.7. The van der Waals surface area contributed by atoms with Crippen LogP contribution in [-0.4, -0.2) is 9.78 Å². The third-order valence-corrected chi connectivity index (χ3v) is 1.27. The van der Waals surface area contributed by atoms with Gasteiger partial charge in [-0.25, -0.2) is 4.79 Å². The zero-order valence-corrected chi connectivity index (χ0v) is 5.91. The lowest BCUT2D eigenvalue weighted by molar-refractivity contribution is 0.466. The highest BCUT2D eigenvalue weighted by Crippen LogP contribution is 1.88. The molecule has 1 aromatic rings. The van der Waals surface area contributed by atoms with E-state index in [-0.39, 0.29) is 5.76 Å². The third-order valence-electron chi connectivity index (χ3n) is 1.27. The third kappa shape index (κ3) is 1.46. The molecule has 0 aliphatic heterocycles. The normalized spacial score (nSPS) is 10.1. The van der Waals surface area contributed by atoms with Crippen LogP contribution in [0.4, 0.5) is 0 Å². The van der Waals surface area contributed by atoms with Crippen LogP contribution >= 0.6 is 0 Å². The maximum absolute atomic E-state index is 10.7. The minimum Gasteiger partial charge on any atom is -0.395 e. The van der Waals surface area contributed by atoms with Crippen molar-refractivity contribution in [2.45, 2.75) is 26.3 Å². The van der Waals surface area contributed by atoms with Gasteiger partial charge >= 0.3 is 5.76 Å². The molecule has 0 N–H and O–H groups in total. The van der Waals surface area contributed by atoms with E-state index in [1.54, 1.807) is 0 Å². The summed E-state index contributed by atoms with van der Waals surface area (Å²) < 4.78 is 5.78. The molecule has 0 aromatic carbocycles. The van der Waals surface area contributed by atoms with Crippen molar-refractivity contribution in [3.05, 3.63) is 16.9 Å². The van der Waals surface area contributed by atoms with E-state index in [0.29, 0.717) is 6.54 Å². The number of hydrogen-bond acceptors (Lipinski definition) is 3. The van der Waals surface area contributed by atoms with Crippen LogP contribution in [0.1, 0.15) is 19.8 Å². The first-order valence-electron chi connectivity index (χ1n) is 3.35. The Morgan fingerprint density at radius 2 is 2.60 bits per heavy atom. The van der Waals surface area contributed by atoms with E-state index >= 15 is 0 Å². The predicted molar refractivity (Wildman–Crippen MR) is 35.7 cm³/mol. The Balaban J connectivity index is 2.57. The molecule has 56 valence electrons. The highest BCUT2D eigenvalue weighted by molar-refractivity contribution is 4.51. The second-order valence-corrected chi connectivity index (χ2v) is 2.08. The monoisotopic (exact) mass is 142 g/mol. The molecule has 0 fully saturated rings. The number of hydrogen-bond donors (Lipinski definition) is 0. The van der Waals surface area contributed by atoms with Crippen LogP contribution in [0.3, 0.4) is 0 Å². The molecular weight excluding hydrogens is 132 g/mol. The Morgan fingerprint density at radius 1 is 1.80 bits per heavy atom. The second kappa shape index (κ2) is 3.20. The molecule has 4 nitrogen and oxygen atoms in total. The Labute approximate surface area is 58.5 Å². The van der Waals surface area contributed by atoms with Gasteiger partial charge in [-0.2, -0.15) is 4.68 Å². The molecule has 0 bridgehead atoms. The van der Waals surface area contributed by atoms with Crippen LogP contribution < -0.4 is 5.76 Å². The van der Waals surface area contributed by atoms with Crippen LogP contribution in [0.15, 0.2) is 15.6 Å². The van der Waals surface area contributed by atoms with E-state index in [4.69, 9.17) is 0 Å². The van der Waals surface area contributed by atoms with Gasteiger partial charge in [0.15, 0.2) is 0 Å². The van der Waals surface area contributed by atoms with Gasteiger partial charge in [0.05, 0.1) is 0 Å².